The smallest absolute Gasteiger partial charge is 0.244 e. The Morgan fingerprint density at radius 3 is 2.58 bits per heavy atom. The fourth-order valence-electron chi connectivity index (χ4n) is 4.11. The molecule has 7 heteroatoms. The lowest BCUT2D eigenvalue weighted by atomic mass is 9.97. The average Bonchev–Trinajstić information content (AvgIpc) is 3.29. The van der Waals surface area contributed by atoms with Gasteiger partial charge in [0.05, 0.1) is 7.11 Å². The molecular weight excluding hydrogens is 428 g/mol. The molecule has 4 rings (SSSR count). The highest BCUT2D eigenvalue weighted by molar-refractivity contribution is 7.89. The highest BCUT2D eigenvalue weighted by Crippen LogP contribution is 2.31. The molecule has 0 fully saturated rings. The van der Waals surface area contributed by atoms with Crippen molar-refractivity contribution in [2.24, 2.45) is 0 Å². The molecule has 1 N–H and O–H groups in total. The van der Waals surface area contributed by atoms with Crippen LogP contribution < -0.4 is 9.46 Å². The van der Waals surface area contributed by atoms with Crippen LogP contribution in [0.4, 0.5) is 0 Å². The van der Waals surface area contributed by atoms with Crippen molar-refractivity contribution >= 4 is 21.4 Å². The number of fused-ring (bicyclic) bond motifs is 1. The van der Waals surface area contributed by atoms with Gasteiger partial charge in [0.2, 0.25) is 10.0 Å². The van der Waals surface area contributed by atoms with Crippen LogP contribution in [0, 0.1) is 13.8 Å². The molecule has 164 valence electrons. The van der Waals surface area contributed by atoms with E-state index in [1.54, 1.807) is 23.5 Å². The highest BCUT2D eigenvalue weighted by Gasteiger charge is 2.28. The summed E-state index contributed by atoms with van der Waals surface area (Å²) < 4.78 is 34.7. The van der Waals surface area contributed by atoms with E-state index in [1.807, 2.05) is 19.2 Å². The Labute approximate surface area is 188 Å². The van der Waals surface area contributed by atoms with E-state index < -0.39 is 10.0 Å². The van der Waals surface area contributed by atoms with E-state index in [1.165, 1.54) is 18.2 Å². The topological polar surface area (TPSA) is 58.6 Å². The van der Waals surface area contributed by atoms with Crippen molar-refractivity contribution in [1.29, 1.82) is 0 Å². The molecule has 0 amide bonds. The Morgan fingerprint density at radius 2 is 1.87 bits per heavy atom. The molecule has 2 aromatic carbocycles. The van der Waals surface area contributed by atoms with E-state index in [0.29, 0.717) is 12.3 Å². The third kappa shape index (κ3) is 4.70. The lowest BCUT2D eigenvalue weighted by molar-refractivity contribution is 0.180. The van der Waals surface area contributed by atoms with E-state index in [0.717, 1.165) is 36.2 Å². The molecule has 2 heterocycles. The molecular formula is C24H28N2O3S2. The van der Waals surface area contributed by atoms with Crippen molar-refractivity contribution in [2.45, 2.75) is 37.8 Å². The summed E-state index contributed by atoms with van der Waals surface area (Å²) in [4.78, 5) is 2.55. The standard InChI is InChI=1S/C24H28N2O3S2/c1-17-12-23(29-3)24(13-18(17)2)31(27,28)25-14-22(21-9-11-30-16-21)26-10-8-19-6-4-5-7-20(19)15-26/h4-7,9,11-13,16,22,25H,8,10,14-15H2,1-3H3/t22-/m1/s1. The lowest BCUT2D eigenvalue weighted by Crippen LogP contribution is -2.40. The second kappa shape index (κ2) is 9.12. The van der Waals surface area contributed by atoms with Gasteiger partial charge in [0.1, 0.15) is 10.6 Å². The van der Waals surface area contributed by atoms with Gasteiger partial charge in [-0.3, -0.25) is 4.90 Å². The Balaban J connectivity index is 1.59. The fraction of sp³-hybridized carbons (Fsp3) is 0.333. The molecule has 0 spiro atoms. The maximum atomic E-state index is 13.2. The molecule has 0 bridgehead atoms. The average molecular weight is 457 g/mol. The van der Waals surface area contributed by atoms with Crippen molar-refractivity contribution in [3.05, 3.63) is 81.0 Å². The zero-order valence-electron chi connectivity index (χ0n) is 18.1. The van der Waals surface area contributed by atoms with Gasteiger partial charge in [-0.2, -0.15) is 11.3 Å². The van der Waals surface area contributed by atoms with E-state index in [-0.39, 0.29) is 10.9 Å². The molecule has 0 saturated carbocycles. The summed E-state index contributed by atoms with van der Waals surface area (Å²) in [6, 6.07) is 14.0. The van der Waals surface area contributed by atoms with Crippen LogP contribution in [0.1, 0.15) is 33.9 Å². The number of methoxy groups -OCH3 is 1. The summed E-state index contributed by atoms with van der Waals surface area (Å²) in [5, 5.41) is 4.15. The number of nitrogens with one attached hydrogen (secondary N) is 1. The monoisotopic (exact) mass is 456 g/mol. The first kappa shape index (κ1) is 22.0. The normalized spacial score (nSPS) is 15.5. The van der Waals surface area contributed by atoms with Crippen molar-refractivity contribution in [3.8, 4) is 5.75 Å². The maximum absolute atomic E-state index is 13.2. The molecule has 0 aliphatic carbocycles. The molecule has 0 saturated heterocycles. The first-order valence-electron chi connectivity index (χ1n) is 10.4. The Bertz CT molecular complexity index is 1160. The Hall–Kier alpha value is -2.19. The van der Waals surface area contributed by atoms with Crippen LogP contribution in [0.15, 0.2) is 58.1 Å². The van der Waals surface area contributed by atoms with E-state index in [9.17, 15) is 8.42 Å². The maximum Gasteiger partial charge on any atom is 0.244 e. The summed E-state index contributed by atoms with van der Waals surface area (Å²) in [5.41, 5.74) is 5.75. The number of rotatable bonds is 7. The first-order valence-corrected chi connectivity index (χ1v) is 12.8. The number of hydrogen-bond donors (Lipinski definition) is 1. The van der Waals surface area contributed by atoms with Crippen molar-refractivity contribution in [3.63, 3.8) is 0 Å². The van der Waals surface area contributed by atoms with E-state index >= 15 is 0 Å². The van der Waals surface area contributed by atoms with Crippen LogP contribution >= 0.6 is 11.3 Å². The summed E-state index contributed by atoms with van der Waals surface area (Å²) in [5.74, 6) is 0.370. The molecule has 1 atom stereocenters. The first-order chi connectivity index (χ1) is 14.9. The summed E-state index contributed by atoms with van der Waals surface area (Å²) in [6.45, 7) is 5.87. The van der Waals surface area contributed by atoms with Crippen LogP contribution in [0.3, 0.4) is 0 Å². The second-order valence-corrected chi connectivity index (χ2v) is 10.5. The summed E-state index contributed by atoms with van der Waals surface area (Å²) in [6.07, 6.45) is 0.967. The fourth-order valence-corrected chi connectivity index (χ4v) is 6.08. The van der Waals surface area contributed by atoms with Crippen LogP contribution in [0.5, 0.6) is 5.75 Å². The summed E-state index contributed by atoms with van der Waals surface area (Å²) in [7, 11) is -2.22. The van der Waals surface area contributed by atoms with Gasteiger partial charge in [-0.1, -0.05) is 24.3 Å². The number of thiophene rings is 1. The van der Waals surface area contributed by atoms with Crippen LogP contribution in [0.25, 0.3) is 0 Å². The minimum absolute atomic E-state index is 0.0353. The quantitative estimate of drug-likeness (QED) is 0.571. The molecule has 0 radical (unpaired) electrons. The van der Waals surface area contributed by atoms with E-state index in [4.69, 9.17) is 4.74 Å². The number of aryl methyl sites for hydroxylation is 2. The predicted molar refractivity (Wildman–Crippen MR) is 125 cm³/mol. The minimum Gasteiger partial charge on any atom is -0.495 e. The number of sulfonamides is 1. The SMILES string of the molecule is COc1cc(C)c(C)cc1S(=O)(=O)NC[C@H](c1ccsc1)N1CCc2ccccc2C1. The van der Waals surface area contributed by atoms with Crippen LogP contribution in [0.2, 0.25) is 0 Å². The van der Waals surface area contributed by atoms with Gasteiger partial charge in [0.25, 0.3) is 0 Å². The third-order valence-electron chi connectivity index (χ3n) is 6.07. The number of hydrogen-bond acceptors (Lipinski definition) is 5. The van der Waals surface area contributed by atoms with Gasteiger partial charge in [-0.25, -0.2) is 13.1 Å². The third-order valence-corrected chi connectivity index (χ3v) is 8.21. The zero-order valence-corrected chi connectivity index (χ0v) is 19.7. The number of benzene rings is 2. The van der Waals surface area contributed by atoms with Crippen molar-refractivity contribution in [1.82, 2.24) is 9.62 Å². The lowest BCUT2D eigenvalue weighted by Gasteiger charge is -2.35. The van der Waals surface area contributed by atoms with Gasteiger partial charge >= 0.3 is 0 Å². The molecule has 1 aliphatic heterocycles. The molecule has 5 nitrogen and oxygen atoms in total. The van der Waals surface area contributed by atoms with Gasteiger partial charge in [0, 0.05) is 25.7 Å². The van der Waals surface area contributed by atoms with Gasteiger partial charge < -0.3 is 4.74 Å². The minimum atomic E-state index is -3.73. The number of ether oxygens (including phenoxy) is 1. The van der Waals surface area contributed by atoms with Gasteiger partial charge in [0.15, 0.2) is 0 Å². The molecule has 1 aromatic heterocycles. The van der Waals surface area contributed by atoms with E-state index in [2.05, 4.69) is 45.3 Å². The Morgan fingerprint density at radius 1 is 1.13 bits per heavy atom. The predicted octanol–water partition coefficient (Wildman–Crippen LogP) is 4.45. The van der Waals surface area contributed by atoms with Crippen molar-refractivity contribution in [2.75, 3.05) is 20.2 Å². The van der Waals surface area contributed by atoms with Gasteiger partial charge in [-0.15, -0.1) is 0 Å². The molecule has 1 aliphatic rings. The summed E-state index contributed by atoms with van der Waals surface area (Å²) >= 11 is 1.63. The van der Waals surface area contributed by atoms with Gasteiger partial charge in [-0.05, 0) is 77.0 Å². The molecule has 31 heavy (non-hydrogen) atoms. The van der Waals surface area contributed by atoms with Crippen molar-refractivity contribution < 1.29 is 13.2 Å². The van der Waals surface area contributed by atoms with Crippen LogP contribution in [-0.4, -0.2) is 33.5 Å². The zero-order chi connectivity index (χ0) is 22.0. The number of nitrogens with zero attached hydrogens (tertiary/aromatic N) is 1. The molecule has 3 aromatic rings. The highest BCUT2D eigenvalue weighted by atomic mass is 32.2. The van der Waals surface area contributed by atoms with Crippen LogP contribution in [-0.2, 0) is 23.0 Å². The second-order valence-electron chi connectivity index (χ2n) is 8.00. The Kier molecular flexibility index (Phi) is 6.48. The molecule has 0 unspecified atom stereocenters. The largest absolute Gasteiger partial charge is 0.495 e.